The molecule has 4 rings (SSSR count). The molecule has 3 heterocycles. The van der Waals surface area contributed by atoms with Gasteiger partial charge in [-0.25, -0.2) is 4.98 Å². The van der Waals surface area contributed by atoms with Gasteiger partial charge in [0.25, 0.3) is 11.3 Å². The molecule has 3 aromatic heterocycles. The van der Waals surface area contributed by atoms with Crippen molar-refractivity contribution in [1.82, 2.24) is 29.9 Å². The number of H-pyrrole nitrogens is 2. The molecule has 0 fully saturated rings. The molecule has 1 aromatic carbocycles. The maximum Gasteiger partial charge on any atom is 0.277 e. The van der Waals surface area contributed by atoms with Crippen LogP contribution in [0, 0.1) is 20.8 Å². The first kappa shape index (κ1) is 19.9. The van der Waals surface area contributed by atoms with Gasteiger partial charge in [-0.2, -0.15) is 9.50 Å². The highest BCUT2D eigenvalue weighted by Crippen LogP contribution is 2.22. The van der Waals surface area contributed by atoms with Crippen LogP contribution < -0.4 is 10.9 Å². The second-order valence-electron chi connectivity index (χ2n) is 7.91. The van der Waals surface area contributed by atoms with Gasteiger partial charge in [0.1, 0.15) is 5.82 Å². The fraction of sp³-hybridized carbons (Fsp3) is 0.364. The number of nitrogens with one attached hydrogen (secondary N) is 3. The van der Waals surface area contributed by atoms with Crippen molar-refractivity contribution in [3.05, 3.63) is 63.0 Å². The highest BCUT2D eigenvalue weighted by atomic mass is 16.1. The monoisotopic (exact) mass is 406 g/mol. The van der Waals surface area contributed by atoms with E-state index in [1.165, 1.54) is 21.0 Å². The van der Waals surface area contributed by atoms with Crippen molar-refractivity contribution in [3.63, 3.8) is 0 Å². The zero-order valence-electron chi connectivity index (χ0n) is 17.7. The number of amides is 1. The number of nitrogens with zero attached hydrogens (tertiary/aromatic N) is 3. The minimum Gasteiger partial charge on any atom is -0.361 e. The van der Waals surface area contributed by atoms with E-state index in [1.807, 2.05) is 19.2 Å². The SMILES string of the molecule is Cc1nc2nc(C)c(CCC(=O)N[C@H](C)Cc3c[nH]c4c(C)cccc34)c(=O)n2[nH]1. The number of aromatic amines is 2. The van der Waals surface area contributed by atoms with Gasteiger partial charge in [0.15, 0.2) is 0 Å². The van der Waals surface area contributed by atoms with E-state index in [4.69, 9.17) is 0 Å². The van der Waals surface area contributed by atoms with E-state index in [9.17, 15) is 9.59 Å². The first-order valence-corrected chi connectivity index (χ1v) is 10.1. The third kappa shape index (κ3) is 3.72. The molecule has 1 amide bonds. The molecular formula is C22H26N6O2. The van der Waals surface area contributed by atoms with E-state index in [0.29, 0.717) is 29.3 Å². The van der Waals surface area contributed by atoms with Gasteiger partial charge < -0.3 is 10.3 Å². The fourth-order valence-corrected chi connectivity index (χ4v) is 3.95. The zero-order chi connectivity index (χ0) is 21.4. The summed E-state index contributed by atoms with van der Waals surface area (Å²) in [4.78, 5) is 37.1. The standard InChI is InChI=1S/C22H26N6O2/c1-12-6-5-7-18-16(11-23-20(12)18)10-13(2)24-19(29)9-8-17-14(3)25-22-26-15(4)27-28(22)21(17)30/h5-7,11,13,23H,8-10H2,1-4H3,(H,24,29)(H,25,26,27)/t13-/m1/s1. The predicted molar refractivity (Wildman–Crippen MR) is 116 cm³/mol. The van der Waals surface area contributed by atoms with Crippen LogP contribution in [0.1, 0.15) is 41.6 Å². The Bertz CT molecular complexity index is 1300. The van der Waals surface area contributed by atoms with Crippen molar-refractivity contribution in [2.75, 3.05) is 0 Å². The van der Waals surface area contributed by atoms with Crippen molar-refractivity contribution >= 4 is 22.6 Å². The van der Waals surface area contributed by atoms with Crippen LogP contribution in [0.2, 0.25) is 0 Å². The number of hydrogen-bond donors (Lipinski definition) is 3. The van der Waals surface area contributed by atoms with Crippen LogP contribution in [-0.2, 0) is 17.6 Å². The van der Waals surface area contributed by atoms with Gasteiger partial charge in [0.2, 0.25) is 5.91 Å². The molecule has 0 bridgehead atoms. The summed E-state index contributed by atoms with van der Waals surface area (Å²) in [5.74, 6) is 0.893. The number of benzene rings is 1. The summed E-state index contributed by atoms with van der Waals surface area (Å²) >= 11 is 0. The van der Waals surface area contributed by atoms with Crippen molar-refractivity contribution in [1.29, 1.82) is 0 Å². The van der Waals surface area contributed by atoms with Crippen molar-refractivity contribution in [2.45, 2.75) is 53.0 Å². The Balaban J connectivity index is 1.40. The Hall–Kier alpha value is -3.42. The third-order valence-corrected chi connectivity index (χ3v) is 5.45. The first-order valence-electron chi connectivity index (χ1n) is 10.1. The van der Waals surface area contributed by atoms with Crippen LogP contribution in [0.3, 0.4) is 0 Å². The average molecular weight is 406 g/mol. The van der Waals surface area contributed by atoms with E-state index in [1.54, 1.807) is 13.8 Å². The summed E-state index contributed by atoms with van der Waals surface area (Å²) < 4.78 is 1.33. The Morgan fingerprint density at radius 3 is 2.83 bits per heavy atom. The fourth-order valence-electron chi connectivity index (χ4n) is 3.95. The maximum atomic E-state index is 12.7. The van der Waals surface area contributed by atoms with Gasteiger partial charge in [-0.15, -0.1) is 0 Å². The number of rotatable bonds is 6. The molecule has 0 radical (unpaired) electrons. The molecular weight excluding hydrogens is 380 g/mol. The zero-order valence-corrected chi connectivity index (χ0v) is 17.7. The van der Waals surface area contributed by atoms with Crippen LogP contribution in [0.25, 0.3) is 16.7 Å². The van der Waals surface area contributed by atoms with Crippen molar-refractivity contribution < 1.29 is 4.79 Å². The van der Waals surface area contributed by atoms with Crippen molar-refractivity contribution in [3.8, 4) is 0 Å². The van der Waals surface area contributed by atoms with Crippen LogP contribution in [0.4, 0.5) is 0 Å². The van der Waals surface area contributed by atoms with Gasteiger partial charge in [-0.05, 0) is 51.7 Å². The van der Waals surface area contributed by atoms with Gasteiger partial charge in [-0.3, -0.25) is 14.7 Å². The van der Waals surface area contributed by atoms with E-state index in [2.05, 4.69) is 44.4 Å². The minimum atomic E-state index is -0.201. The number of carbonyl (C=O) groups excluding carboxylic acids is 1. The number of aryl methyl sites for hydroxylation is 3. The Labute approximate surface area is 173 Å². The van der Waals surface area contributed by atoms with Gasteiger partial charge in [0, 0.05) is 35.1 Å². The number of fused-ring (bicyclic) bond motifs is 2. The van der Waals surface area contributed by atoms with Crippen LogP contribution in [0.15, 0.2) is 29.2 Å². The molecule has 3 N–H and O–H groups in total. The molecule has 0 unspecified atom stereocenters. The van der Waals surface area contributed by atoms with Gasteiger partial charge >= 0.3 is 0 Å². The quantitative estimate of drug-likeness (QED) is 0.457. The first-order chi connectivity index (χ1) is 14.3. The minimum absolute atomic E-state index is 0.0185. The number of hydrogen-bond acceptors (Lipinski definition) is 4. The summed E-state index contributed by atoms with van der Waals surface area (Å²) in [5, 5.41) is 7.12. The second-order valence-corrected chi connectivity index (χ2v) is 7.91. The predicted octanol–water partition coefficient (Wildman–Crippen LogP) is 2.50. The molecule has 0 aliphatic heterocycles. The number of aromatic nitrogens is 5. The summed E-state index contributed by atoms with van der Waals surface area (Å²) in [6.07, 6.45) is 3.31. The van der Waals surface area contributed by atoms with Gasteiger partial charge in [0.05, 0.1) is 5.69 Å². The number of para-hydroxylation sites is 1. The Morgan fingerprint density at radius 1 is 1.23 bits per heavy atom. The summed E-state index contributed by atoms with van der Waals surface area (Å²) in [7, 11) is 0. The molecule has 1 atom stereocenters. The van der Waals surface area contributed by atoms with E-state index >= 15 is 0 Å². The molecule has 8 heteroatoms. The molecule has 156 valence electrons. The van der Waals surface area contributed by atoms with E-state index in [0.717, 1.165) is 11.9 Å². The normalized spacial score (nSPS) is 12.5. The third-order valence-electron chi connectivity index (χ3n) is 5.45. The average Bonchev–Trinajstić information content (AvgIpc) is 3.25. The molecule has 0 saturated carbocycles. The maximum absolute atomic E-state index is 12.7. The van der Waals surface area contributed by atoms with Crippen LogP contribution >= 0.6 is 0 Å². The highest BCUT2D eigenvalue weighted by Gasteiger charge is 2.16. The molecule has 30 heavy (non-hydrogen) atoms. The lowest BCUT2D eigenvalue weighted by Crippen LogP contribution is -2.34. The van der Waals surface area contributed by atoms with Crippen LogP contribution in [0.5, 0.6) is 0 Å². The van der Waals surface area contributed by atoms with Gasteiger partial charge in [-0.1, -0.05) is 18.2 Å². The molecule has 0 aliphatic rings. The number of carbonyl (C=O) groups is 1. The molecule has 8 nitrogen and oxygen atoms in total. The lowest BCUT2D eigenvalue weighted by molar-refractivity contribution is -0.121. The smallest absolute Gasteiger partial charge is 0.277 e. The van der Waals surface area contributed by atoms with Crippen molar-refractivity contribution in [2.24, 2.45) is 0 Å². The Morgan fingerprint density at radius 2 is 2.03 bits per heavy atom. The lowest BCUT2D eigenvalue weighted by atomic mass is 10.0. The Kier molecular flexibility index (Phi) is 5.15. The topological polar surface area (TPSA) is 108 Å². The largest absolute Gasteiger partial charge is 0.361 e. The molecule has 0 saturated heterocycles. The van der Waals surface area contributed by atoms with Crippen LogP contribution in [-0.4, -0.2) is 36.5 Å². The molecule has 0 spiro atoms. The second kappa shape index (κ2) is 7.78. The summed E-state index contributed by atoms with van der Waals surface area (Å²) in [6, 6.07) is 6.20. The summed E-state index contributed by atoms with van der Waals surface area (Å²) in [6.45, 7) is 7.62. The molecule has 0 aliphatic carbocycles. The molecule has 4 aromatic rings. The van der Waals surface area contributed by atoms with E-state index in [-0.39, 0.29) is 23.9 Å². The van der Waals surface area contributed by atoms with E-state index < -0.39 is 0 Å². The highest BCUT2D eigenvalue weighted by molar-refractivity contribution is 5.86. The lowest BCUT2D eigenvalue weighted by Gasteiger charge is -2.14. The summed E-state index contributed by atoms with van der Waals surface area (Å²) in [5.41, 5.74) is 4.47.